The lowest BCUT2D eigenvalue weighted by molar-refractivity contribution is -0.384. The first-order valence-electron chi connectivity index (χ1n) is 5.84. The number of non-ortho nitro benzene ring substituents is 1. The highest BCUT2D eigenvalue weighted by Crippen LogP contribution is 2.32. The Hall–Kier alpha value is -2.60. The molecule has 0 aliphatic rings. The van der Waals surface area contributed by atoms with Crippen LogP contribution >= 0.6 is 11.6 Å². The van der Waals surface area contributed by atoms with Gasteiger partial charge in [0.15, 0.2) is 0 Å². The predicted octanol–water partition coefficient (Wildman–Crippen LogP) is 4.05. The fourth-order valence-electron chi connectivity index (χ4n) is 1.69. The van der Waals surface area contributed by atoms with E-state index in [9.17, 15) is 14.9 Å². The highest BCUT2D eigenvalue weighted by atomic mass is 35.5. The van der Waals surface area contributed by atoms with Crippen molar-refractivity contribution in [3.8, 4) is 11.5 Å². The van der Waals surface area contributed by atoms with Crippen molar-refractivity contribution in [3.05, 3.63) is 62.7 Å². The van der Waals surface area contributed by atoms with Gasteiger partial charge in [-0.05, 0) is 36.8 Å². The van der Waals surface area contributed by atoms with Crippen LogP contribution in [0.2, 0.25) is 5.02 Å². The Labute approximate surface area is 124 Å². The maximum Gasteiger partial charge on any atom is 0.339 e. The summed E-state index contributed by atoms with van der Waals surface area (Å²) in [4.78, 5) is 21.4. The number of halogens is 1. The summed E-state index contributed by atoms with van der Waals surface area (Å²) >= 11 is 5.75. The van der Waals surface area contributed by atoms with Gasteiger partial charge in [0.05, 0.1) is 11.0 Å². The number of nitro benzene ring substituents is 1. The number of ether oxygens (including phenoxy) is 1. The number of carboxylic acids is 1. The second kappa shape index (κ2) is 5.80. The van der Waals surface area contributed by atoms with Crippen molar-refractivity contribution < 1.29 is 19.6 Å². The van der Waals surface area contributed by atoms with Crippen LogP contribution < -0.4 is 4.74 Å². The largest absolute Gasteiger partial charge is 0.478 e. The smallest absolute Gasteiger partial charge is 0.339 e. The summed E-state index contributed by atoms with van der Waals surface area (Å²) in [6.07, 6.45) is 0. The summed E-state index contributed by atoms with van der Waals surface area (Å²) in [5, 5.41) is 20.2. The fourth-order valence-corrected chi connectivity index (χ4v) is 1.86. The highest BCUT2D eigenvalue weighted by molar-refractivity contribution is 6.31. The minimum Gasteiger partial charge on any atom is -0.478 e. The Bertz CT molecular complexity index is 729. The van der Waals surface area contributed by atoms with Crippen LogP contribution in [0.1, 0.15) is 15.9 Å². The molecule has 0 aromatic heterocycles. The Balaban J connectivity index is 2.45. The van der Waals surface area contributed by atoms with Gasteiger partial charge in [-0.15, -0.1) is 0 Å². The molecule has 0 radical (unpaired) electrons. The first-order valence-corrected chi connectivity index (χ1v) is 6.22. The highest BCUT2D eigenvalue weighted by Gasteiger charge is 2.15. The van der Waals surface area contributed by atoms with Gasteiger partial charge in [0, 0.05) is 11.1 Å². The summed E-state index contributed by atoms with van der Waals surface area (Å²) in [6.45, 7) is 1.70. The molecule has 0 bridgehead atoms. The van der Waals surface area contributed by atoms with Crippen LogP contribution in [0.25, 0.3) is 0 Å². The molecule has 0 aliphatic heterocycles. The van der Waals surface area contributed by atoms with E-state index in [1.165, 1.54) is 36.4 Å². The van der Waals surface area contributed by atoms with E-state index in [1.54, 1.807) is 6.92 Å². The normalized spacial score (nSPS) is 10.2. The van der Waals surface area contributed by atoms with E-state index in [0.29, 0.717) is 5.56 Å². The Morgan fingerprint density at radius 1 is 1.24 bits per heavy atom. The third-order valence-corrected chi connectivity index (χ3v) is 3.01. The van der Waals surface area contributed by atoms with Gasteiger partial charge in [-0.2, -0.15) is 0 Å². The standard InChI is InChI=1S/C14H10ClNO5/c1-8-2-4-10(16(19)20)7-13(8)21-12-5-3-9(15)6-11(12)14(17)18/h2-7H,1H3,(H,17,18). The van der Waals surface area contributed by atoms with Crippen LogP contribution in [0.15, 0.2) is 36.4 Å². The van der Waals surface area contributed by atoms with E-state index in [-0.39, 0.29) is 27.8 Å². The number of aryl methyl sites for hydroxylation is 1. The number of carboxylic acid groups (broad SMARTS) is 1. The van der Waals surface area contributed by atoms with Crippen molar-refractivity contribution in [3.63, 3.8) is 0 Å². The summed E-state index contributed by atoms with van der Waals surface area (Å²) < 4.78 is 5.50. The molecule has 0 spiro atoms. The average Bonchev–Trinajstić information content (AvgIpc) is 2.42. The molecule has 2 aromatic rings. The van der Waals surface area contributed by atoms with Crippen LogP contribution in [0.5, 0.6) is 11.5 Å². The molecule has 0 aliphatic carbocycles. The molecular weight excluding hydrogens is 298 g/mol. The molecule has 0 amide bonds. The Morgan fingerprint density at radius 2 is 1.95 bits per heavy atom. The topological polar surface area (TPSA) is 89.7 Å². The third-order valence-electron chi connectivity index (χ3n) is 2.77. The second-order valence-electron chi connectivity index (χ2n) is 4.25. The molecule has 0 saturated carbocycles. The molecule has 1 N–H and O–H groups in total. The van der Waals surface area contributed by atoms with E-state index >= 15 is 0 Å². The van der Waals surface area contributed by atoms with Gasteiger partial charge in [-0.1, -0.05) is 11.6 Å². The number of rotatable bonds is 4. The van der Waals surface area contributed by atoms with Crippen molar-refractivity contribution >= 4 is 23.3 Å². The van der Waals surface area contributed by atoms with Crippen molar-refractivity contribution in [2.45, 2.75) is 6.92 Å². The van der Waals surface area contributed by atoms with Crippen LogP contribution in [0, 0.1) is 17.0 Å². The quantitative estimate of drug-likeness (QED) is 0.680. The van der Waals surface area contributed by atoms with Crippen molar-refractivity contribution in [1.29, 1.82) is 0 Å². The summed E-state index contributed by atoms with van der Waals surface area (Å²) in [7, 11) is 0. The van der Waals surface area contributed by atoms with Gasteiger partial charge in [-0.25, -0.2) is 4.79 Å². The maximum absolute atomic E-state index is 11.2. The predicted molar refractivity (Wildman–Crippen MR) is 76.3 cm³/mol. The van der Waals surface area contributed by atoms with Crippen LogP contribution in [0.3, 0.4) is 0 Å². The van der Waals surface area contributed by atoms with Crippen LogP contribution in [-0.4, -0.2) is 16.0 Å². The number of aromatic carboxylic acids is 1. The van der Waals surface area contributed by atoms with Gasteiger partial charge in [0.2, 0.25) is 0 Å². The van der Waals surface area contributed by atoms with E-state index in [4.69, 9.17) is 21.4 Å². The molecule has 6 nitrogen and oxygen atoms in total. The second-order valence-corrected chi connectivity index (χ2v) is 4.69. The molecule has 0 unspecified atom stereocenters. The van der Waals surface area contributed by atoms with Gasteiger partial charge in [-0.3, -0.25) is 10.1 Å². The summed E-state index contributed by atoms with van der Waals surface area (Å²) in [5.74, 6) is -0.917. The lowest BCUT2D eigenvalue weighted by Crippen LogP contribution is -2.01. The average molecular weight is 308 g/mol. The SMILES string of the molecule is Cc1ccc([N+](=O)[O-])cc1Oc1ccc(Cl)cc1C(=O)O. The minimum absolute atomic E-state index is 0.0653. The van der Waals surface area contributed by atoms with Gasteiger partial charge in [0.1, 0.15) is 17.1 Å². The molecule has 0 fully saturated rings. The first kappa shape index (κ1) is 14.8. The van der Waals surface area contributed by atoms with E-state index < -0.39 is 10.9 Å². The number of hydrogen-bond acceptors (Lipinski definition) is 4. The number of nitrogens with zero attached hydrogens (tertiary/aromatic N) is 1. The van der Waals surface area contributed by atoms with E-state index in [0.717, 1.165) is 0 Å². The van der Waals surface area contributed by atoms with E-state index in [2.05, 4.69) is 0 Å². The molecule has 2 rings (SSSR count). The maximum atomic E-state index is 11.2. The molecule has 2 aromatic carbocycles. The molecule has 0 atom stereocenters. The Morgan fingerprint density at radius 3 is 2.57 bits per heavy atom. The molecular formula is C14H10ClNO5. The lowest BCUT2D eigenvalue weighted by Gasteiger charge is -2.11. The van der Waals surface area contributed by atoms with Crippen LogP contribution in [0.4, 0.5) is 5.69 Å². The number of benzene rings is 2. The molecule has 108 valence electrons. The zero-order chi connectivity index (χ0) is 15.6. The zero-order valence-electron chi connectivity index (χ0n) is 10.9. The number of carbonyl (C=O) groups is 1. The van der Waals surface area contributed by atoms with Gasteiger partial charge < -0.3 is 9.84 Å². The monoisotopic (exact) mass is 307 g/mol. The van der Waals surface area contributed by atoms with Crippen molar-refractivity contribution in [1.82, 2.24) is 0 Å². The Kier molecular flexibility index (Phi) is 4.09. The van der Waals surface area contributed by atoms with Gasteiger partial charge >= 0.3 is 5.97 Å². The van der Waals surface area contributed by atoms with Gasteiger partial charge in [0.25, 0.3) is 5.69 Å². The third kappa shape index (κ3) is 3.29. The first-order chi connectivity index (χ1) is 9.88. The van der Waals surface area contributed by atoms with Crippen molar-refractivity contribution in [2.24, 2.45) is 0 Å². The molecule has 0 heterocycles. The molecule has 0 saturated heterocycles. The van der Waals surface area contributed by atoms with Crippen molar-refractivity contribution in [2.75, 3.05) is 0 Å². The summed E-state index contributed by atoms with van der Waals surface area (Å²) in [5.41, 5.74) is 0.390. The van der Waals surface area contributed by atoms with Crippen LogP contribution in [-0.2, 0) is 0 Å². The number of nitro groups is 1. The molecule has 7 heteroatoms. The summed E-state index contributed by atoms with van der Waals surface area (Å²) in [6, 6.07) is 8.27. The molecule has 21 heavy (non-hydrogen) atoms. The minimum atomic E-state index is -1.20. The number of hydrogen-bond donors (Lipinski definition) is 1. The van der Waals surface area contributed by atoms with E-state index in [1.807, 2.05) is 0 Å². The fraction of sp³-hybridized carbons (Fsp3) is 0.0714. The lowest BCUT2D eigenvalue weighted by atomic mass is 10.2. The zero-order valence-corrected chi connectivity index (χ0v) is 11.6.